The first-order chi connectivity index (χ1) is 9.89. The van der Waals surface area contributed by atoms with Crippen LogP contribution in [0.15, 0.2) is 0 Å². The van der Waals surface area contributed by atoms with E-state index in [1.54, 1.807) is 0 Å². The normalized spacial score (nSPS) is 13.2. The van der Waals surface area contributed by atoms with E-state index in [1.165, 1.54) is 0 Å². The molecule has 0 unspecified atom stereocenters. The van der Waals surface area contributed by atoms with Gasteiger partial charge in [-0.2, -0.15) is 0 Å². The third-order valence-electron chi connectivity index (χ3n) is 2.44. The van der Waals surface area contributed by atoms with Gasteiger partial charge in [0.05, 0.1) is 0 Å². The molecule has 0 saturated carbocycles. The van der Waals surface area contributed by atoms with E-state index in [0.717, 1.165) is 12.8 Å². The molecule has 0 aromatic carbocycles. The Morgan fingerprint density at radius 3 is 1.59 bits per heavy atom. The van der Waals surface area contributed by atoms with Crippen molar-refractivity contribution in [1.82, 2.24) is 0 Å². The Labute approximate surface area is 129 Å². The largest absolute Gasteiger partial charge is 0.480 e. The van der Waals surface area contributed by atoms with E-state index in [1.807, 2.05) is 0 Å². The summed E-state index contributed by atoms with van der Waals surface area (Å²) in [5.41, 5.74) is 10.4. The number of rotatable bonds is 10. The molecule has 0 aliphatic carbocycles. The third kappa shape index (κ3) is 22.0. The molecule has 22 heavy (non-hydrogen) atoms. The van der Waals surface area contributed by atoms with Crippen molar-refractivity contribution in [3.63, 3.8) is 0 Å². The van der Waals surface area contributed by atoms with Crippen molar-refractivity contribution in [3.8, 4) is 0 Å². The number of carbonyl (C=O) groups is 1. The van der Waals surface area contributed by atoms with E-state index in [4.69, 9.17) is 36.1 Å². The smallest absolute Gasteiger partial charge is 0.325 e. The van der Waals surface area contributed by atoms with Crippen LogP contribution in [0.4, 0.5) is 0 Å². The Kier molecular flexibility index (Phi) is 13.2. The topological polar surface area (TPSA) is 204 Å². The van der Waals surface area contributed by atoms with Crippen molar-refractivity contribution in [1.29, 1.82) is 0 Å². The third-order valence-corrected chi connectivity index (χ3v) is 4.23. The number of nitrogens with two attached hydrogens (primary N) is 2. The van der Waals surface area contributed by atoms with E-state index in [2.05, 4.69) is 0 Å². The zero-order chi connectivity index (χ0) is 17.8. The summed E-state index contributed by atoms with van der Waals surface area (Å²) in [5, 5.41) is 8.33. The highest BCUT2D eigenvalue weighted by molar-refractivity contribution is 7.52. The van der Waals surface area contributed by atoms with Crippen molar-refractivity contribution >= 4 is 21.2 Å². The molecule has 0 heterocycles. The minimum atomic E-state index is -4.00. The first-order valence-corrected chi connectivity index (χ1v) is 10.3. The predicted octanol–water partition coefficient (Wildman–Crippen LogP) is -0.351. The Morgan fingerprint density at radius 2 is 1.32 bits per heavy atom. The summed E-state index contributed by atoms with van der Waals surface area (Å²) in [7, 11) is -8.00. The number of unbranched alkanes of at least 4 members (excludes halogenated alkanes) is 2. The number of carboxylic acid groups (broad SMARTS) is 1. The molecule has 0 aromatic heterocycles. The quantitative estimate of drug-likeness (QED) is 0.198. The average Bonchev–Trinajstić information content (AvgIpc) is 2.33. The van der Waals surface area contributed by atoms with Gasteiger partial charge >= 0.3 is 21.2 Å². The molecule has 10 nitrogen and oxygen atoms in total. The van der Waals surface area contributed by atoms with Crippen LogP contribution < -0.4 is 11.5 Å². The molecular weight excluding hydrogens is 338 g/mol. The maximum atomic E-state index is 10.3. The summed E-state index contributed by atoms with van der Waals surface area (Å²) < 4.78 is 20.5. The molecule has 0 amide bonds. The molecule has 134 valence electrons. The van der Waals surface area contributed by atoms with Gasteiger partial charge in [0.15, 0.2) is 0 Å². The lowest BCUT2D eigenvalue weighted by molar-refractivity contribution is -0.138. The molecule has 0 bridgehead atoms. The van der Waals surface area contributed by atoms with E-state index < -0.39 is 27.2 Å². The summed E-state index contributed by atoms with van der Waals surface area (Å²) in [4.78, 5) is 43.6. The van der Waals surface area contributed by atoms with Gasteiger partial charge < -0.3 is 36.1 Å². The van der Waals surface area contributed by atoms with Crippen LogP contribution in [0.3, 0.4) is 0 Å². The molecule has 0 aromatic rings. The summed E-state index contributed by atoms with van der Waals surface area (Å²) >= 11 is 0. The lowest BCUT2D eigenvalue weighted by Gasteiger charge is -2.04. The van der Waals surface area contributed by atoms with Crippen LogP contribution in [0.2, 0.25) is 0 Å². The molecule has 0 rings (SSSR count). The van der Waals surface area contributed by atoms with E-state index >= 15 is 0 Å². The highest BCUT2D eigenvalue weighted by Gasteiger charge is 2.15. The molecular formula is C10H26N2O8P2. The lowest BCUT2D eigenvalue weighted by Crippen LogP contribution is -2.29. The number of carboxylic acids is 1. The van der Waals surface area contributed by atoms with Crippen molar-refractivity contribution in [2.75, 3.05) is 18.9 Å². The minimum absolute atomic E-state index is 0.134. The molecule has 0 radical (unpaired) electrons. The van der Waals surface area contributed by atoms with Crippen LogP contribution in [0.5, 0.6) is 0 Å². The van der Waals surface area contributed by atoms with Gasteiger partial charge in [-0.05, 0) is 32.2 Å². The fourth-order valence-electron chi connectivity index (χ4n) is 1.27. The fraction of sp³-hybridized carbons (Fsp3) is 0.900. The second kappa shape index (κ2) is 12.2. The molecule has 0 spiro atoms. The number of hydrogen-bond acceptors (Lipinski definition) is 5. The zero-order valence-electron chi connectivity index (χ0n) is 12.2. The second-order valence-electron chi connectivity index (χ2n) is 4.71. The average molecular weight is 364 g/mol. The summed E-state index contributed by atoms with van der Waals surface area (Å²) in [6.07, 6.45) is 1.81. The molecule has 1 atom stereocenters. The van der Waals surface area contributed by atoms with Crippen LogP contribution >= 0.6 is 15.2 Å². The Morgan fingerprint density at radius 1 is 0.909 bits per heavy atom. The van der Waals surface area contributed by atoms with Crippen LogP contribution in [-0.2, 0) is 13.9 Å². The maximum Gasteiger partial charge on any atom is 0.325 e. The van der Waals surface area contributed by atoms with Gasteiger partial charge in [0.25, 0.3) is 0 Å². The lowest BCUT2D eigenvalue weighted by atomic mass is 10.1. The van der Waals surface area contributed by atoms with Crippen LogP contribution in [0.1, 0.15) is 32.1 Å². The van der Waals surface area contributed by atoms with Gasteiger partial charge in [-0.3, -0.25) is 13.9 Å². The van der Waals surface area contributed by atoms with Crippen LogP contribution in [0, 0.1) is 0 Å². The highest BCUT2D eigenvalue weighted by Crippen LogP contribution is 2.38. The highest BCUT2D eigenvalue weighted by atomic mass is 31.2. The van der Waals surface area contributed by atoms with Gasteiger partial charge in [-0.15, -0.1) is 0 Å². The monoisotopic (exact) mass is 364 g/mol. The van der Waals surface area contributed by atoms with Crippen molar-refractivity contribution in [2.45, 2.75) is 38.1 Å². The van der Waals surface area contributed by atoms with Crippen LogP contribution in [0.25, 0.3) is 0 Å². The summed E-state index contributed by atoms with van der Waals surface area (Å²) in [5.74, 6) is -0.933. The fourth-order valence-corrected chi connectivity index (χ4v) is 2.54. The van der Waals surface area contributed by atoms with E-state index in [0.29, 0.717) is 13.0 Å². The molecule has 0 saturated heterocycles. The Bertz CT molecular complexity index is 370. The van der Waals surface area contributed by atoms with Crippen molar-refractivity contribution in [3.05, 3.63) is 0 Å². The Hall–Kier alpha value is -0.310. The van der Waals surface area contributed by atoms with Gasteiger partial charge in [0.1, 0.15) is 6.04 Å². The SMILES string of the molecule is NCCCC[C@H](N)C(=O)O.O=P(O)(O)CCCCP(=O)(O)O. The molecule has 12 heteroatoms. The molecule has 0 fully saturated rings. The van der Waals surface area contributed by atoms with Crippen LogP contribution in [-0.4, -0.2) is 55.6 Å². The first-order valence-electron chi connectivity index (χ1n) is 6.66. The number of hydrogen-bond donors (Lipinski definition) is 7. The first kappa shape index (κ1) is 23.9. The minimum Gasteiger partial charge on any atom is -0.480 e. The zero-order valence-corrected chi connectivity index (χ0v) is 14.0. The van der Waals surface area contributed by atoms with Gasteiger partial charge in [-0.1, -0.05) is 6.42 Å². The standard InChI is InChI=1S/C6H14N2O2.C4H12O6P2/c7-4-2-1-3-5(8)6(9)10;5-11(6,7)3-1-2-4-12(8,9)10/h5H,1-4,7-8H2,(H,9,10);1-4H2,(H2,5,6,7)(H2,8,9,10)/t5-;/m0./s1. The Balaban J connectivity index is 0. The van der Waals surface area contributed by atoms with Gasteiger partial charge in [-0.25, -0.2) is 0 Å². The van der Waals surface area contributed by atoms with Crippen molar-refractivity contribution < 1.29 is 38.6 Å². The summed E-state index contributed by atoms with van der Waals surface area (Å²) in [6.45, 7) is 0.604. The molecule has 9 N–H and O–H groups in total. The van der Waals surface area contributed by atoms with Gasteiger partial charge in [0.2, 0.25) is 0 Å². The van der Waals surface area contributed by atoms with E-state index in [9.17, 15) is 13.9 Å². The summed E-state index contributed by atoms with van der Waals surface area (Å²) in [6, 6.07) is -0.716. The number of aliphatic carboxylic acids is 1. The van der Waals surface area contributed by atoms with Crippen molar-refractivity contribution in [2.24, 2.45) is 11.5 Å². The predicted molar refractivity (Wildman–Crippen MR) is 81.6 cm³/mol. The maximum absolute atomic E-state index is 10.3. The molecule has 0 aliphatic heterocycles. The van der Waals surface area contributed by atoms with E-state index in [-0.39, 0.29) is 25.2 Å². The van der Waals surface area contributed by atoms with Gasteiger partial charge in [0, 0.05) is 12.3 Å². The second-order valence-corrected chi connectivity index (χ2v) is 8.27. The molecule has 0 aliphatic rings.